The third-order valence-corrected chi connectivity index (χ3v) is 6.98. The van der Waals surface area contributed by atoms with E-state index in [1.54, 1.807) is 12.1 Å². The van der Waals surface area contributed by atoms with Crippen LogP contribution in [-0.2, 0) is 9.53 Å². The molecule has 3 aliphatic rings. The normalized spacial score (nSPS) is 24.8. The number of benzene rings is 1. The number of carbonyl (C=O) groups excluding carboxylic acids is 2. The Morgan fingerprint density at radius 2 is 1.68 bits per heavy atom. The summed E-state index contributed by atoms with van der Waals surface area (Å²) in [4.78, 5) is 32.6. The van der Waals surface area contributed by atoms with Crippen molar-refractivity contribution in [1.29, 1.82) is 0 Å². The Bertz CT molecular complexity index is 851. The maximum atomic E-state index is 13.7. The van der Waals surface area contributed by atoms with Crippen LogP contribution in [-0.4, -0.2) is 83.2 Å². The Morgan fingerprint density at radius 1 is 0.971 bits per heavy atom. The van der Waals surface area contributed by atoms with E-state index < -0.39 is 17.7 Å². The van der Waals surface area contributed by atoms with Crippen LogP contribution in [0.1, 0.15) is 59.3 Å². The van der Waals surface area contributed by atoms with Gasteiger partial charge in [-0.3, -0.25) is 14.6 Å². The predicted octanol–water partition coefficient (Wildman–Crippen LogP) is 4.06. The lowest BCUT2D eigenvalue weighted by Crippen LogP contribution is -2.50. The van der Waals surface area contributed by atoms with Gasteiger partial charge in [-0.1, -0.05) is 12.8 Å². The van der Waals surface area contributed by atoms with Gasteiger partial charge in [0.1, 0.15) is 29.3 Å². The van der Waals surface area contributed by atoms with Crippen molar-refractivity contribution < 1.29 is 23.5 Å². The molecular weight excluding hydrogens is 437 g/mol. The van der Waals surface area contributed by atoms with E-state index in [2.05, 4.69) is 4.90 Å². The van der Waals surface area contributed by atoms with Crippen molar-refractivity contribution in [3.05, 3.63) is 30.1 Å². The van der Waals surface area contributed by atoms with E-state index in [0.717, 1.165) is 19.5 Å². The van der Waals surface area contributed by atoms with Crippen molar-refractivity contribution in [1.82, 2.24) is 14.7 Å². The van der Waals surface area contributed by atoms with Crippen molar-refractivity contribution >= 4 is 12.0 Å². The zero-order valence-corrected chi connectivity index (χ0v) is 20.7. The Morgan fingerprint density at radius 3 is 2.35 bits per heavy atom. The third-order valence-electron chi connectivity index (χ3n) is 6.98. The molecule has 2 amide bonds. The lowest BCUT2D eigenvalue weighted by molar-refractivity contribution is -0.135. The molecule has 1 saturated carbocycles. The second kappa shape index (κ2) is 10.5. The molecule has 34 heavy (non-hydrogen) atoms. The Balaban J connectivity index is 1.44. The van der Waals surface area contributed by atoms with Gasteiger partial charge in [0, 0.05) is 38.6 Å². The van der Waals surface area contributed by atoms with Crippen LogP contribution in [0.25, 0.3) is 0 Å². The van der Waals surface area contributed by atoms with E-state index in [1.807, 2.05) is 25.7 Å². The molecule has 7 nitrogen and oxygen atoms in total. The molecular formula is C26H38FN3O4. The SMILES string of the molecule is CC(C)(C)OC(=O)N1CC(Oc2ccc(F)cc2)CC1C(=O)N1CCCN(C2CCCC2)CC1. The molecule has 0 N–H and O–H groups in total. The number of hydrogen-bond acceptors (Lipinski definition) is 5. The zero-order chi connectivity index (χ0) is 24.3. The molecule has 0 bridgehead atoms. The molecule has 2 aliphatic heterocycles. The van der Waals surface area contributed by atoms with Gasteiger partial charge in [-0.25, -0.2) is 9.18 Å². The summed E-state index contributed by atoms with van der Waals surface area (Å²) < 4.78 is 24.9. The number of ether oxygens (including phenoxy) is 2. The molecule has 188 valence electrons. The molecule has 4 rings (SSSR count). The fourth-order valence-corrected chi connectivity index (χ4v) is 5.35. The van der Waals surface area contributed by atoms with Crippen LogP contribution < -0.4 is 4.74 Å². The molecule has 0 aromatic heterocycles. The van der Waals surface area contributed by atoms with Gasteiger partial charge in [0.2, 0.25) is 5.91 Å². The highest BCUT2D eigenvalue weighted by molar-refractivity contribution is 5.86. The number of amides is 2. The third kappa shape index (κ3) is 6.20. The van der Waals surface area contributed by atoms with Gasteiger partial charge in [-0.05, 0) is 64.3 Å². The second-order valence-corrected chi connectivity index (χ2v) is 10.7. The Kier molecular flexibility index (Phi) is 7.65. The van der Waals surface area contributed by atoms with Crippen molar-refractivity contribution in [2.24, 2.45) is 0 Å². The largest absolute Gasteiger partial charge is 0.488 e. The van der Waals surface area contributed by atoms with Gasteiger partial charge in [0.15, 0.2) is 0 Å². The van der Waals surface area contributed by atoms with Crippen LogP contribution in [0.3, 0.4) is 0 Å². The number of likely N-dealkylation sites (tertiary alicyclic amines) is 1. The molecule has 1 aromatic rings. The van der Waals surface area contributed by atoms with Crippen molar-refractivity contribution in [3.8, 4) is 5.75 Å². The molecule has 8 heteroatoms. The molecule has 2 heterocycles. The number of carbonyl (C=O) groups is 2. The topological polar surface area (TPSA) is 62.3 Å². The van der Waals surface area contributed by atoms with E-state index in [9.17, 15) is 14.0 Å². The van der Waals surface area contributed by atoms with Crippen LogP contribution >= 0.6 is 0 Å². The van der Waals surface area contributed by atoms with Crippen LogP contribution in [0.15, 0.2) is 24.3 Å². The van der Waals surface area contributed by atoms with E-state index >= 15 is 0 Å². The quantitative estimate of drug-likeness (QED) is 0.657. The zero-order valence-electron chi connectivity index (χ0n) is 20.7. The molecule has 2 atom stereocenters. The number of rotatable bonds is 4. The molecule has 2 unspecified atom stereocenters. The smallest absolute Gasteiger partial charge is 0.411 e. The van der Waals surface area contributed by atoms with Crippen LogP contribution in [0.2, 0.25) is 0 Å². The first kappa shape index (κ1) is 24.8. The maximum Gasteiger partial charge on any atom is 0.411 e. The van der Waals surface area contributed by atoms with E-state index in [0.29, 0.717) is 31.3 Å². The van der Waals surface area contributed by atoms with Gasteiger partial charge in [-0.15, -0.1) is 0 Å². The first-order valence-electron chi connectivity index (χ1n) is 12.6. The minimum Gasteiger partial charge on any atom is -0.488 e. The number of hydrogen-bond donors (Lipinski definition) is 0. The van der Waals surface area contributed by atoms with E-state index in [1.165, 1.54) is 42.7 Å². The number of nitrogens with zero attached hydrogens (tertiary/aromatic N) is 3. The fraction of sp³-hybridized carbons (Fsp3) is 0.692. The summed E-state index contributed by atoms with van der Waals surface area (Å²) in [5, 5.41) is 0. The average Bonchev–Trinajstić information content (AvgIpc) is 3.39. The lowest BCUT2D eigenvalue weighted by Gasteiger charge is -2.31. The molecule has 0 radical (unpaired) electrons. The standard InChI is InChI=1S/C26H38FN3O4/c1-26(2,3)34-25(32)30-18-22(33-21-11-9-19(27)10-12-21)17-23(30)24(31)29-14-6-13-28(15-16-29)20-7-4-5-8-20/h9-12,20,22-23H,4-8,13-18H2,1-3H3. The Hall–Kier alpha value is -2.35. The summed E-state index contributed by atoms with van der Waals surface area (Å²) in [5.74, 6) is 0.143. The highest BCUT2D eigenvalue weighted by atomic mass is 19.1. The molecule has 1 aromatic carbocycles. The van der Waals surface area contributed by atoms with E-state index in [4.69, 9.17) is 9.47 Å². The van der Waals surface area contributed by atoms with Crippen LogP contribution in [0, 0.1) is 5.82 Å². The molecule has 3 fully saturated rings. The number of halogens is 1. The Labute approximate surface area is 202 Å². The van der Waals surface area contributed by atoms with Crippen LogP contribution in [0.5, 0.6) is 5.75 Å². The van der Waals surface area contributed by atoms with Gasteiger partial charge >= 0.3 is 6.09 Å². The van der Waals surface area contributed by atoms with E-state index in [-0.39, 0.29) is 24.4 Å². The minimum absolute atomic E-state index is 0.0377. The molecule has 0 spiro atoms. The maximum absolute atomic E-state index is 13.7. The average molecular weight is 476 g/mol. The van der Waals surface area contributed by atoms with Crippen LogP contribution in [0.4, 0.5) is 9.18 Å². The van der Waals surface area contributed by atoms with Gasteiger partial charge < -0.3 is 14.4 Å². The highest BCUT2D eigenvalue weighted by Crippen LogP contribution is 2.28. The first-order chi connectivity index (χ1) is 16.2. The van der Waals surface area contributed by atoms with Crippen molar-refractivity contribution in [2.75, 3.05) is 32.7 Å². The second-order valence-electron chi connectivity index (χ2n) is 10.7. The van der Waals surface area contributed by atoms with Gasteiger partial charge in [0.25, 0.3) is 0 Å². The highest BCUT2D eigenvalue weighted by Gasteiger charge is 2.44. The summed E-state index contributed by atoms with van der Waals surface area (Å²) >= 11 is 0. The van der Waals surface area contributed by atoms with Gasteiger partial charge in [0.05, 0.1) is 6.54 Å². The van der Waals surface area contributed by atoms with Gasteiger partial charge in [-0.2, -0.15) is 0 Å². The summed E-state index contributed by atoms with van der Waals surface area (Å²) in [6.45, 7) is 8.98. The summed E-state index contributed by atoms with van der Waals surface area (Å²) in [7, 11) is 0. The molecule has 2 saturated heterocycles. The minimum atomic E-state index is -0.662. The summed E-state index contributed by atoms with van der Waals surface area (Å²) in [6, 6.07) is 5.83. The first-order valence-corrected chi connectivity index (χ1v) is 12.6. The monoisotopic (exact) mass is 475 g/mol. The van der Waals surface area contributed by atoms with Crippen molar-refractivity contribution in [3.63, 3.8) is 0 Å². The summed E-state index contributed by atoms with van der Waals surface area (Å²) in [6.07, 6.45) is 5.57. The molecule has 1 aliphatic carbocycles. The fourth-order valence-electron chi connectivity index (χ4n) is 5.35. The lowest BCUT2D eigenvalue weighted by atomic mass is 10.1. The summed E-state index contributed by atoms with van der Waals surface area (Å²) in [5.41, 5.74) is -0.662. The predicted molar refractivity (Wildman–Crippen MR) is 127 cm³/mol. The van der Waals surface area contributed by atoms with Crippen molar-refractivity contribution in [2.45, 2.75) is 83.1 Å².